The van der Waals surface area contributed by atoms with Crippen molar-refractivity contribution < 1.29 is 24.1 Å². The number of hydrogen-bond acceptors (Lipinski definition) is 5. The predicted molar refractivity (Wildman–Crippen MR) is 157 cm³/mol. The maximum absolute atomic E-state index is 11.8. The van der Waals surface area contributed by atoms with Crippen LogP contribution in [0, 0.1) is 51.8 Å². The van der Waals surface area contributed by atoms with Crippen LogP contribution in [0.2, 0.25) is 0 Å². The van der Waals surface area contributed by atoms with E-state index in [1.54, 1.807) is 14.2 Å². The van der Waals surface area contributed by atoms with Crippen LogP contribution in [0.25, 0.3) is 0 Å². The van der Waals surface area contributed by atoms with E-state index in [0.717, 1.165) is 38.5 Å². The lowest BCUT2D eigenvalue weighted by molar-refractivity contribution is -0.264. The number of allylic oxidation sites excluding steroid dienone is 2. The van der Waals surface area contributed by atoms with Crippen molar-refractivity contribution in [3.8, 4) is 0 Å². The minimum absolute atomic E-state index is 0.110. The summed E-state index contributed by atoms with van der Waals surface area (Å²) in [4.78, 5) is 0. The van der Waals surface area contributed by atoms with Crippen molar-refractivity contribution in [2.45, 2.75) is 125 Å². The van der Waals surface area contributed by atoms with E-state index in [-0.39, 0.29) is 34.6 Å². The van der Waals surface area contributed by atoms with Crippen molar-refractivity contribution in [3.63, 3.8) is 0 Å². The summed E-state index contributed by atoms with van der Waals surface area (Å²) < 4.78 is 23.7. The zero-order valence-corrected chi connectivity index (χ0v) is 26.6. The van der Waals surface area contributed by atoms with E-state index in [1.807, 2.05) is 0 Å². The summed E-state index contributed by atoms with van der Waals surface area (Å²) >= 11 is 0. The van der Waals surface area contributed by atoms with E-state index < -0.39 is 0 Å². The van der Waals surface area contributed by atoms with Crippen molar-refractivity contribution in [2.24, 2.45) is 51.8 Å². The van der Waals surface area contributed by atoms with E-state index in [9.17, 15) is 5.11 Å². The first-order valence-corrected chi connectivity index (χ1v) is 16.0. The fourth-order valence-electron chi connectivity index (χ4n) is 11.0. The van der Waals surface area contributed by atoms with Crippen LogP contribution in [0.1, 0.15) is 106 Å². The molecule has 8 unspecified atom stereocenters. The Morgan fingerprint density at radius 1 is 0.949 bits per heavy atom. The smallest absolute Gasteiger partial charge is 0.146 e. The SMILES string of the molecule is CCC(CCC=C(C)C)C1C2CC(OCOC)C3C(C)(CCC4C(C)[C@H](OCOC)CC[C@@]43C)[C@@]2(C)C[C@@H]1O. The van der Waals surface area contributed by atoms with Gasteiger partial charge in [0.15, 0.2) is 0 Å². The second-order valence-electron chi connectivity index (χ2n) is 14.8. The Balaban J connectivity index is 1.69. The Labute approximate surface area is 239 Å². The molecule has 4 rings (SSSR count). The average Bonchev–Trinajstić information content (AvgIpc) is 3.15. The van der Waals surface area contributed by atoms with Gasteiger partial charge in [0.05, 0.1) is 18.3 Å². The number of fused-ring (bicyclic) bond motifs is 5. The molecular weight excluding hydrogens is 488 g/mol. The number of methoxy groups -OCH3 is 2. The number of aliphatic hydroxyl groups is 1. The third-order valence-electron chi connectivity index (χ3n) is 12.9. The molecule has 226 valence electrons. The topological polar surface area (TPSA) is 57.2 Å². The second kappa shape index (κ2) is 12.4. The van der Waals surface area contributed by atoms with E-state index in [2.05, 4.69) is 54.5 Å². The molecule has 0 heterocycles. The molecule has 12 atom stereocenters. The largest absolute Gasteiger partial charge is 0.393 e. The van der Waals surface area contributed by atoms with Gasteiger partial charge in [0.2, 0.25) is 0 Å². The molecule has 0 bridgehead atoms. The van der Waals surface area contributed by atoms with E-state index in [4.69, 9.17) is 18.9 Å². The molecule has 1 N–H and O–H groups in total. The highest BCUT2D eigenvalue weighted by atomic mass is 16.7. The highest BCUT2D eigenvalue weighted by molar-refractivity contribution is 5.20. The molecule has 0 aliphatic heterocycles. The summed E-state index contributed by atoms with van der Waals surface area (Å²) in [5.74, 6) is 2.92. The van der Waals surface area contributed by atoms with Crippen LogP contribution in [0.4, 0.5) is 0 Å². The van der Waals surface area contributed by atoms with Crippen LogP contribution in [0.15, 0.2) is 11.6 Å². The zero-order chi connectivity index (χ0) is 28.6. The fraction of sp³-hybridized carbons (Fsp3) is 0.941. The van der Waals surface area contributed by atoms with Crippen molar-refractivity contribution in [2.75, 3.05) is 27.8 Å². The maximum Gasteiger partial charge on any atom is 0.146 e. The molecular formula is C34H60O5. The van der Waals surface area contributed by atoms with Crippen LogP contribution in [0.5, 0.6) is 0 Å². The number of ether oxygens (including phenoxy) is 4. The average molecular weight is 549 g/mol. The molecule has 0 aromatic carbocycles. The first-order chi connectivity index (χ1) is 18.5. The van der Waals surface area contributed by atoms with Gasteiger partial charge in [-0.15, -0.1) is 0 Å². The normalized spacial score (nSPS) is 46.2. The first kappa shape index (κ1) is 31.5. The van der Waals surface area contributed by atoms with Crippen LogP contribution in [-0.2, 0) is 18.9 Å². The molecule has 5 heteroatoms. The molecule has 0 spiro atoms. The van der Waals surface area contributed by atoms with Gasteiger partial charge in [-0.25, -0.2) is 0 Å². The summed E-state index contributed by atoms with van der Waals surface area (Å²) in [6.07, 6.45) is 12.6. The number of rotatable bonds is 11. The second-order valence-corrected chi connectivity index (χ2v) is 14.8. The Bertz CT molecular complexity index is 839. The fourth-order valence-corrected chi connectivity index (χ4v) is 11.0. The Hall–Kier alpha value is -0.460. The van der Waals surface area contributed by atoms with Gasteiger partial charge in [0, 0.05) is 14.2 Å². The minimum atomic E-state index is -0.224. The molecule has 4 aliphatic carbocycles. The van der Waals surface area contributed by atoms with Gasteiger partial charge < -0.3 is 24.1 Å². The summed E-state index contributed by atoms with van der Waals surface area (Å²) in [5.41, 5.74) is 1.80. The van der Waals surface area contributed by atoms with Crippen LogP contribution in [0.3, 0.4) is 0 Å². The maximum atomic E-state index is 11.8. The zero-order valence-electron chi connectivity index (χ0n) is 26.6. The predicted octanol–water partition coefficient (Wildman–Crippen LogP) is 7.61. The minimum Gasteiger partial charge on any atom is -0.393 e. The summed E-state index contributed by atoms with van der Waals surface area (Å²) in [5, 5.41) is 11.8. The molecule has 0 saturated heterocycles. The monoisotopic (exact) mass is 548 g/mol. The van der Waals surface area contributed by atoms with Crippen molar-refractivity contribution in [3.05, 3.63) is 11.6 Å². The molecule has 5 nitrogen and oxygen atoms in total. The summed E-state index contributed by atoms with van der Waals surface area (Å²) in [6.45, 7) is 17.6. The van der Waals surface area contributed by atoms with E-state index in [0.29, 0.717) is 49.1 Å². The molecule has 0 aromatic heterocycles. The van der Waals surface area contributed by atoms with Crippen LogP contribution in [-0.4, -0.2) is 51.2 Å². The molecule has 4 aliphatic rings. The Morgan fingerprint density at radius 2 is 1.62 bits per heavy atom. The highest BCUT2D eigenvalue weighted by Crippen LogP contribution is 2.75. The van der Waals surface area contributed by atoms with Gasteiger partial charge in [-0.2, -0.15) is 0 Å². The molecule has 4 saturated carbocycles. The van der Waals surface area contributed by atoms with E-state index in [1.165, 1.54) is 24.8 Å². The number of aliphatic hydroxyl groups excluding tert-OH is 1. The third kappa shape index (κ3) is 5.42. The third-order valence-corrected chi connectivity index (χ3v) is 12.9. The van der Waals surface area contributed by atoms with Crippen molar-refractivity contribution >= 4 is 0 Å². The van der Waals surface area contributed by atoms with E-state index >= 15 is 0 Å². The highest BCUT2D eigenvalue weighted by Gasteiger charge is 2.71. The lowest BCUT2D eigenvalue weighted by Gasteiger charge is -2.70. The van der Waals surface area contributed by atoms with Crippen molar-refractivity contribution in [1.82, 2.24) is 0 Å². The van der Waals surface area contributed by atoms with Gasteiger partial charge in [-0.05, 0) is 117 Å². The lowest BCUT2D eigenvalue weighted by atomic mass is 9.36. The molecule has 0 radical (unpaired) electrons. The van der Waals surface area contributed by atoms with Gasteiger partial charge in [0.25, 0.3) is 0 Å². The standard InChI is InChI=1S/C34H60O5/c1-10-24(13-11-12-22(2)3)30-26-18-29(39-21-37-9)31-32(5)16-15-28(38-20-36-8)23(4)25(32)14-17-33(31,6)34(26,7)19-27(30)35/h12,23-31,35H,10-11,13-21H2,1-9H3/t23?,24?,25?,26?,27-,28+,29?,30?,31?,32-,33?,34-/m0/s1. The van der Waals surface area contributed by atoms with Gasteiger partial charge in [-0.1, -0.05) is 52.7 Å². The molecule has 39 heavy (non-hydrogen) atoms. The summed E-state index contributed by atoms with van der Waals surface area (Å²) in [6, 6.07) is 0. The summed E-state index contributed by atoms with van der Waals surface area (Å²) in [7, 11) is 3.46. The molecule has 4 fully saturated rings. The quantitative estimate of drug-likeness (QED) is 0.213. The van der Waals surface area contributed by atoms with Gasteiger partial charge in [-0.3, -0.25) is 0 Å². The molecule has 0 amide bonds. The first-order valence-electron chi connectivity index (χ1n) is 16.0. The van der Waals surface area contributed by atoms with Crippen LogP contribution < -0.4 is 0 Å². The van der Waals surface area contributed by atoms with Gasteiger partial charge in [0.1, 0.15) is 13.6 Å². The molecule has 0 aromatic rings. The van der Waals surface area contributed by atoms with Crippen molar-refractivity contribution in [1.29, 1.82) is 0 Å². The van der Waals surface area contributed by atoms with Crippen LogP contribution >= 0.6 is 0 Å². The Morgan fingerprint density at radius 3 is 2.23 bits per heavy atom. The lowest BCUT2D eigenvalue weighted by Crippen LogP contribution is -2.66. The number of hydrogen-bond donors (Lipinski definition) is 1. The van der Waals surface area contributed by atoms with Gasteiger partial charge >= 0.3 is 0 Å². The Kier molecular flexibility index (Phi) is 10.0.